The van der Waals surface area contributed by atoms with E-state index >= 15 is 0 Å². The monoisotopic (exact) mass is 258 g/mol. The van der Waals surface area contributed by atoms with Gasteiger partial charge in [-0.1, -0.05) is 18.2 Å². The molecule has 0 radical (unpaired) electrons. The van der Waals surface area contributed by atoms with Crippen molar-refractivity contribution in [2.75, 3.05) is 13.1 Å². The highest BCUT2D eigenvalue weighted by Crippen LogP contribution is 2.14. The lowest BCUT2D eigenvalue weighted by atomic mass is 9.96. The van der Waals surface area contributed by atoms with Crippen molar-refractivity contribution in [2.45, 2.75) is 19.3 Å². The Kier molecular flexibility index (Phi) is 3.46. The maximum Gasteiger partial charge on any atom is 0.348 e. The number of piperidine rings is 1. The molecule has 1 fully saturated rings. The highest BCUT2D eigenvalue weighted by molar-refractivity contribution is 5.29. The third-order valence-electron chi connectivity index (χ3n) is 3.55. The molecule has 2 heterocycles. The van der Waals surface area contributed by atoms with Crippen LogP contribution in [0.3, 0.4) is 0 Å². The van der Waals surface area contributed by atoms with Crippen molar-refractivity contribution in [3.05, 3.63) is 46.6 Å². The van der Waals surface area contributed by atoms with Crippen molar-refractivity contribution in [1.29, 1.82) is 0 Å². The average Bonchev–Trinajstić information content (AvgIpc) is 2.82. The van der Waals surface area contributed by atoms with Gasteiger partial charge in [0.1, 0.15) is 5.82 Å². The largest absolute Gasteiger partial charge is 0.348 e. The van der Waals surface area contributed by atoms with Gasteiger partial charge in [-0.3, -0.25) is 4.98 Å². The van der Waals surface area contributed by atoms with E-state index < -0.39 is 0 Å². The smallest absolute Gasteiger partial charge is 0.316 e. The predicted octanol–water partition coefficient (Wildman–Crippen LogP) is 1.10. The summed E-state index contributed by atoms with van der Waals surface area (Å²) in [5.41, 5.74) is 0.640. The van der Waals surface area contributed by atoms with E-state index in [1.54, 1.807) is 0 Å². The molecule has 3 rings (SSSR count). The summed E-state index contributed by atoms with van der Waals surface area (Å²) in [7, 11) is 0. The number of H-pyrrole nitrogens is 1. The maximum absolute atomic E-state index is 11.9. The molecule has 1 saturated heterocycles. The van der Waals surface area contributed by atoms with Crippen LogP contribution in [-0.2, 0) is 6.42 Å². The molecule has 1 atom stereocenters. The van der Waals surface area contributed by atoms with E-state index in [2.05, 4.69) is 15.4 Å². The lowest BCUT2D eigenvalue weighted by molar-refractivity contribution is 0.370. The zero-order valence-corrected chi connectivity index (χ0v) is 10.8. The molecule has 0 spiro atoms. The summed E-state index contributed by atoms with van der Waals surface area (Å²) >= 11 is 0. The maximum atomic E-state index is 11.9. The fourth-order valence-corrected chi connectivity index (χ4v) is 2.58. The Labute approximate surface area is 111 Å². The van der Waals surface area contributed by atoms with Crippen LogP contribution >= 0.6 is 0 Å². The lowest BCUT2D eigenvalue weighted by Crippen LogP contribution is -2.31. The molecule has 2 N–H and O–H groups in total. The van der Waals surface area contributed by atoms with Gasteiger partial charge < -0.3 is 5.32 Å². The molecule has 19 heavy (non-hydrogen) atoms. The van der Waals surface area contributed by atoms with E-state index in [-0.39, 0.29) is 5.69 Å². The van der Waals surface area contributed by atoms with Crippen LogP contribution in [0.1, 0.15) is 18.7 Å². The van der Waals surface area contributed by atoms with Crippen molar-refractivity contribution >= 4 is 0 Å². The molecule has 1 aliphatic heterocycles. The number of nitrogens with one attached hydrogen (secondary N) is 2. The van der Waals surface area contributed by atoms with Crippen LogP contribution in [-0.4, -0.2) is 27.9 Å². The van der Waals surface area contributed by atoms with Gasteiger partial charge in [0.25, 0.3) is 0 Å². The Morgan fingerprint density at radius 3 is 2.89 bits per heavy atom. The summed E-state index contributed by atoms with van der Waals surface area (Å²) in [4.78, 5) is 14.8. The van der Waals surface area contributed by atoms with Crippen molar-refractivity contribution < 1.29 is 0 Å². The zero-order valence-electron chi connectivity index (χ0n) is 10.8. The fraction of sp³-hybridized carbons (Fsp3) is 0.429. The van der Waals surface area contributed by atoms with Gasteiger partial charge >= 0.3 is 5.69 Å². The normalized spacial score (nSPS) is 19.5. The number of para-hydroxylation sites is 1. The van der Waals surface area contributed by atoms with E-state index in [4.69, 9.17) is 0 Å². The van der Waals surface area contributed by atoms with Gasteiger partial charge in [-0.15, -0.1) is 0 Å². The molecule has 2 aromatic rings. The zero-order chi connectivity index (χ0) is 13.1. The highest BCUT2D eigenvalue weighted by atomic mass is 16.1. The molecule has 0 bridgehead atoms. The minimum Gasteiger partial charge on any atom is -0.316 e. The van der Waals surface area contributed by atoms with Gasteiger partial charge in [0, 0.05) is 6.42 Å². The Morgan fingerprint density at radius 2 is 2.16 bits per heavy atom. The Morgan fingerprint density at radius 1 is 1.32 bits per heavy atom. The number of hydrogen-bond acceptors (Lipinski definition) is 3. The molecule has 1 aromatic heterocycles. The second-order valence-corrected chi connectivity index (χ2v) is 5.04. The Balaban J connectivity index is 1.79. The molecule has 5 heteroatoms. The van der Waals surface area contributed by atoms with Gasteiger partial charge in [0.05, 0.1) is 5.69 Å². The number of benzene rings is 1. The van der Waals surface area contributed by atoms with Gasteiger partial charge in [-0.25, -0.2) is 4.79 Å². The van der Waals surface area contributed by atoms with Crippen LogP contribution in [0.2, 0.25) is 0 Å². The quantitative estimate of drug-likeness (QED) is 0.866. The van der Waals surface area contributed by atoms with E-state index in [0.717, 1.165) is 31.0 Å². The molecule has 100 valence electrons. The molecule has 0 saturated carbocycles. The van der Waals surface area contributed by atoms with Crippen LogP contribution in [0.15, 0.2) is 35.1 Å². The highest BCUT2D eigenvalue weighted by Gasteiger charge is 2.16. The van der Waals surface area contributed by atoms with E-state index in [1.165, 1.54) is 17.5 Å². The lowest BCUT2D eigenvalue weighted by Gasteiger charge is -2.21. The first-order valence-corrected chi connectivity index (χ1v) is 6.77. The first-order valence-electron chi connectivity index (χ1n) is 6.77. The van der Waals surface area contributed by atoms with Crippen LogP contribution in [0, 0.1) is 5.92 Å². The van der Waals surface area contributed by atoms with Crippen LogP contribution < -0.4 is 11.0 Å². The van der Waals surface area contributed by atoms with Crippen molar-refractivity contribution in [3.8, 4) is 5.69 Å². The van der Waals surface area contributed by atoms with Gasteiger partial charge in [0.2, 0.25) is 0 Å². The number of rotatable bonds is 3. The number of aromatic nitrogens is 3. The second kappa shape index (κ2) is 5.40. The number of nitrogens with zero attached hydrogens (tertiary/aromatic N) is 2. The van der Waals surface area contributed by atoms with Crippen molar-refractivity contribution in [1.82, 2.24) is 20.1 Å². The number of aromatic amines is 1. The molecule has 0 amide bonds. The van der Waals surface area contributed by atoms with E-state index in [9.17, 15) is 4.79 Å². The topological polar surface area (TPSA) is 62.7 Å². The number of hydrogen-bond donors (Lipinski definition) is 2. The first-order chi connectivity index (χ1) is 9.33. The SMILES string of the molecule is O=c1[nH]c(CC2CCCNC2)nn1-c1ccccc1. The molecule has 5 nitrogen and oxygen atoms in total. The van der Waals surface area contributed by atoms with Crippen LogP contribution in [0.4, 0.5) is 0 Å². The van der Waals surface area contributed by atoms with Crippen molar-refractivity contribution in [3.63, 3.8) is 0 Å². The van der Waals surface area contributed by atoms with Gasteiger partial charge in [-0.2, -0.15) is 9.78 Å². The third-order valence-corrected chi connectivity index (χ3v) is 3.55. The van der Waals surface area contributed by atoms with E-state index in [1.807, 2.05) is 30.3 Å². The molecule has 1 aliphatic rings. The Hall–Kier alpha value is -1.88. The van der Waals surface area contributed by atoms with Crippen molar-refractivity contribution in [2.24, 2.45) is 5.92 Å². The molecular weight excluding hydrogens is 240 g/mol. The molecule has 0 aliphatic carbocycles. The fourth-order valence-electron chi connectivity index (χ4n) is 2.58. The summed E-state index contributed by atoms with van der Waals surface area (Å²) in [6.07, 6.45) is 3.24. The van der Waals surface area contributed by atoms with Crippen LogP contribution in [0.25, 0.3) is 5.69 Å². The summed E-state index contributed by atoms with van der Waals surface area (Å²) in [6, 6.07) is 9.50. The van der Waals surface area contributed by atoms with Gasteiger partial charge in [-0.05, 0) is 44.0 Å². The van der Waals surface area contributed by atoms with E-state index in [0.29, 0.717) is 5.92 Å². The molecular formula is C14H18N4O. The molecule has 1 unspecified atom stereocenters. The second-order valence-electron chi connectivity index (χ2n) is 5.04. The third kappa shape index (κ3) is 2.76. The predicted molar refractivity (Wildman–Crippen MR) is 73.5 cm³/mol. The summed E-state index contributed by atoms with van der Waals surface area (Å²) in [6.45, 7) is 2.12. The standard InChI is InChI=1S/C14H18N4O/c19-14-16-13(9-11-5-4-8-15-10-11)17-18(14)12-6-2-1-3-7-12/h1-3,6-7,11,15H,4-5,8-10H2,(H,16,17,19). The van der Waals surface area contributed by atoms with Gasteiger partial charge in [0.15, 0.2) is 0 Å². The Bertz CT molecular complexity index is 581. The summed E-state index contributed by atoms with van der Waals surface area (Å²) in [5, 5.41) is 7.78. The summed E-state index contributed by atoms with van der Waals surface area (Å²) in [5.74, 6) is 1.35. The minimum atomic E-state index is -0.162. The first kappa shape index (κ1) is 12.2. The minimum absolute atomic E-state index is 0.162. The average molecular weight is 258 g/mol. The summed E-state index contributed by atoms with van der Waals surface area (Å²) < 4.78 is 1.44. The molecule has 1 aromatic carbocycles. The van der Waals surface area contributed by atoms with Crippen LogP contribution in [0.5, 0.6) is 0 Å².